The standard InChI is InChI=1S/C28H39NO8/c1-16(25(34)35)29-23(32)6-7-24(33)37-15-22(31)28(36)13-10-21-19-5-4-17-14-18(30)8-11-26(17,2)20(19)9-12-27(21,28)3/h14,16,19-21,36H,4-13,15H2,1-3H3,(H,29,32)(H,34,35)/t16?,19?,20?,21?,26-,27-,28-/m0/s1. The van der Waals surface area contributed by atoms with Crippen LogP contribution >= 0.6 is 0 Å². The number of carbonyl (C=O) groups excluding carboxylic acids is 4. The third-order valence-corrected chi connectivity index (χ3v) is 10.2. The third-order valence-electron chi connectivity index (χ3n) is 10.2. The van der Waals surface area contributed by atoms with Crippen LogP contribution < -0.4 is 5.32 Å². The van der Waals surface area contributed by atoms with Crippen LogP contribution in [0.1, 0.15) is 85.0 Å². The highest BCUT2D eigenvalue weighted by Gasteiger charge is 2.66. The Morgan fingerprint density at radius 1 is 1.05 bits per heavy atom. The van der Waals surface area contributed by atoms with Crippen LogP contribution in [-0.2, 0) is 28.7 Å². The number of Topliss-reactive ketones (excluding diaryl/α,β-unsaturated/α-hetero) is 1. The Kier molecular flexibility index (Phi) is 7.40. The number of aliphatic carboxylic acids is 1. The molecule has 9 nitrogen and oxygen atoms in total. The molecule has 4 rings (SSSR count). The number of aliphatic hydroxyl groups is 1. The molecule has 0 bridgehead atoms. The molecule has 4 aliphatic carbocycles. The van der Waals surface area contributed by atoms with E-state index in [9.17, 15) is 29.1 Å². The van der Waals surface area contributed by atoms with E-state index in [2.05, 4.69) is 12.2 Å². The zero-order valence-corrected chi connectivity index (χ0v) is 22.0. The van der Waals surface area contributed by atoms with Crippen LogP contribution in [-0.4, -0.2) is 57.9 Å². The Morgan fingerprint density at radius 3 is 2.46 bits per heavy atom. The van der Waals surface area contributed by atoms with Gasteiger partial charge in [-0.1, -0.05) is 19.4 Å². The second-order valence-electron chi connectivity index (χ2n) is 12.0. The van der Waals surface area contributed by atoms with Crippen LogP contribution in [0.5, 0.6) is 0 Å². The van der Waals surface area contributed by atoms with Gasteiger partial charge in [0.1, 0.15) is 11.6 Å². The van der Waals surface area contributed by atoms with Crippen molar-refractivity contribution in [1.29, 1.82) is 0 Å². The molecule has 3 N–H and O–H groups in total. The number of ether oxygens (including phenoxy) is 1. The fraction of sp³-hybridized carbons (Fsp3) is 0.750. The molecule has 0 heterocycles. The van der Waals surface area contributed by atoms with Crippen LogP contribution in [0.4, 0.5) is 0 Å². The van der Waals surface area contributed by atoms with Crippen molar-refractivity contribution in [2.24, 2.45) is 28.6 Å². The Bertz CT molecular complexity index is 1040. The summed E-state index contributed by atoms with van der Waals surface area (Å²) in [6.45, 7) is 5.07. The van der Waals surface area contributed by atoms with Crippen LogP contribution in [0.2, 0.25) is 0 Å². The van der Waals surface area contributed by atoms with E-state index >= 15 is 0 Å². The van der Waals surface area contributed by atoms with Crippen molar-refractivity contribution < 1.29 is 38.9 Å². The summed E-state index contributed by atoms with van der Waals surface area (Å²) in [7, 11) is 0. The first-order valence-corrected chi connectivity index (χ1v) is 13.5. The maximum absolute atomic E-state index is 13.3. The fourth-order valence-corrected chi connectivity index (χ4v) is 7.96. The minimum atomic E-state index is -1.57. The topological polar surface area (TPSA) is 147 Å². The van der Waals surface area contributed by atoms with Gasteiger partial charge >= 0.3 is 11.9 Å². The van der Waals surface area contributed by atoms with E-state index in [1.54, 1.807) is 0 Å². The van der Waals surface area contributed by atoms with Crippen LogP contribution in [0.3, 0.4) is 0 Å². The fourth-order valence-electron chi connectivity index (χ4n) is 7.96. The number of allylic oxidation sites excluding steroid dienone is 1. The summed E-state index contributed by atoms with van der Waals surface area (Å²) in [5.74, 6) is -1.80. The summed E-state index contributed by atoms with van der Waals surface area (Å²) in [6.07, 6.45) is 7.29. The average molecular weight is 518 g/mol. The second kappa shape index (κ2) is 9.97. The third kappa shape index (κ3) is 4.75. The van der Waals surface area contributed by atoms with Crippen molar-refractivity contribution >= 4 is 29.4 Å². The SMILES string of the molecule is CC(NC(=O)CCC(=O)OCC(=O)[C@@]1(O)CCC2C3CCC4=CC(=O)CC[C@]4(C)C3CC[C@@]21C)C(=O)O. The van der Waals surface area contributed by atoms with Crippen LogP contribution in [0.25, 0.3) is 0 Å². The highest BCUT2D eigenvalue weighted by atomic mass is 16.5. The van der Waals surface area contributed by atoms with Gasteiger partial charge in [-0.15, -0.1) is 0 Å². The molecule has 3 fully saturated rings. The molecule has 0 aliphatic heterocycles. The first-order valence-electron chi connectivity index (χ1n) is 13.5. The minimum Gasteiger partial charge on any atom is -0.480 e. The molecule has 0 aromatic rings. The molecule has 3 saturated carbocycles. The molecule has 0 radical (unpaired) electrons. The number of carboxylic acid groups (broad SMARTS) is 1. The molecule has 0 aromatic heterocycles. The lowest BCUT2D eigenvalue weighted by atomic mass is 9.46. The quantitative estimate of drug-likeness (QED) is 0.417. The summed E-state index contributed by atoms with van der Waals surface area (Å²) < 4.78 is 5.13. The molecule has 37 heavy (non-hydrogen) atoms. The zero-order chi connectivity index (χ0) is 27.2. The number of nitrogens with one attached hydrogen (secondary N) is 1. The van der Waals surface area contributed by atoms with Gasteiger partial charge in [0.05, 0.1) is 6.42 Å². The van der Waals surface area contributed by atoms with Gasteiger partial charge in [-0.2, -0.15) is 0 Å². The van der Waals surface area contributed by atoms with Gasteiger partial charge < -0.3 is 20.3 Å². The Hall–Kier alpha value is -2.55. The summed E-state index contributed by atoms with van der Waals surface area (Å²) >= 11 is 0. The van der Waals surface area contributed by atoms with Gasteiger partial charge in [-0.3, -0.25) is 24.0 Å². The number of amides is 1. The Morgan fingerprint density at radius 2 is 1.76 bits per heavy atom. The summed E-state index contributed by atoms with van der Waals surface area (Å²) in [4.78, 5) is 60.1. The number of carboxylic acids is 1. The van der Waals surface area contributed by atoms with Crippen molar-refractivity contribution in [3.05, 3.63) is 11.6 Å². The van der Waals surface area contributed by atoms with Gasteiger partial charge in [0.15, 0.2) is 12.4 Å². The van der Waals surface area contributed by atoms with Crippen molar-refractivity contribution in [2.45, 2.75) is 96.6 Å². The molecular weight excluding hydrogens is 478 g/mol. The van der Waals surface area contributed by atoms with Gasteiger partial charge in [0.2, 0.25) is 11.7 Å². The molecule has 1 amide bonds. The van der Waals surface area contributed by atoms with Crippen molar-refractivity contribution in [3.63, 3.8) is 0 Å². The van der Waals surface area contributed by atoms with Gasteiger partial charge in [0, 0.05) is 18.3 Å². The highest BCUT2D eigenvalue weighted by molar-refractivity contribution is 5.92. The molecule has 9 heteroatoms. The number of hydrogen-bond acceptors (Lipinski definition) is 7. The zero-order valence-electron chi connectivity index (χ0n) is 22.0. The smallest absolute Gasteiger partial charge is 0.325 e. The van der Waals surface area contributed by atoms with E-state index in [-0.39, 0.29) is 30.0 Å². The lowest BCUT2D eigenvalue weighted by molar-refractivity contribution is -0.170. The first-order chi connectivity index (χ1) is 17.3. The number of fused-ring (bicyclic) bond motifs is 5. The number of ketones is 2. The predicted molar refractivity (Wildman–Crippen MR) is 132 cm³/mol. The normalized spacial score (nSPS) is 37.4. The monoisotopic (exact) mass is 517 g/mol. The Balaban J connectivity index is 1.36. The maximum Gasteiger partial charge on any atom is 0.325 e. The number of rotatable bonds is 8. The molecular formula is C28H39NO8. The number of esters is 1. The van der Waals surface area contributed by atoms with Crippen LogP contribution in [0.15, 0.2) is 11.6 Å². The van der Waals surface area contributed by atoms with E-state index in [4.69, 9.17) is 9.84 Å². The molecule has 0 aromatic carbocycles. The summed E-state index contributed by atoms with van der Waals surface area (Å²) in [6, 6.07) is -1.07. The second-order valence-corrected chi connectivity index (χ2v) is 12.0. The van der Waals surface area contributed by atoms with Crippen molar-refractivity contribution in [3.8, 4) is 0 Å². The first kappa shape index (κ1) is 27.5. The van der Waals surface area contributed by atoms with E-state index in [1.807, 2.05) is 13.0 Å². The number of hydrogen-bond donors (Lipinski definition) is 3. The van der Waals surface area contributed by atoms with E-state index in [0.717, 1.165) is 32.1 Å². The van der Waals surface area contributed by atoms with E-state index in [1.165, 1.54) is 12.5 Å². The van der Waals surface area contributed by atoms with Gasteiger partial charge in [-0.25, -0.2) is 0 Å². The highest BCUT2D eigenvalue weighted by Crippen LogP contribution is 2.67. The average Bonchev–Trinajstić information content (AvgIpc) is 3.13. The van der Waals surface area contributed by atoms with E-state index in [0.29, 0.717) is 31.1 Å². The minimum absolute atomic E-state index is 0.00690. The molecule has 4 aliphatic rings. The summed E-state index contributed by atoms with van der Waals surface area (Å²) in [5.41, 5.74) is -0.896. The molecule has 4 unspecified atom stereocenters. The largest absolute Gasteiger partial charge is 0.480 e. The maximum atomic E-state index is 13.3. The van der Waals surface area contributed by atoms with Gasteiger partial charge in [-0.05, 0) is 81.1 Å². The number of carbonyl (C=O) groups is 5. The van der Waals surface area contributed by atoms with E-state index < -0.39 is 47.3 Å². The molecule has 7 atom stereocenters. The molecule has 204 valence electrons. The van der Waals surface area contributed by atoms with Crippen LogP contribution in [0, 0.1) is 28.6 Å². The van der Waals surface area contributed by atoms with Gasteiger partial charge in [0.25, 0.3) is 0 Å². The summed E-state index contributed by atoms with van der Waals surface area (Å²) in [5, 5.41) is 22.8. The lowest BCUT2D eigenvalue weighted by Gasteiger charge is -2.58. The lowest BCUT2D eigenvalue weighted by Crippen LogP contribution is -2.58. The van der Waals surface area contributed by atoms with Crippen molar-refractivity contribution in [1.82, 2.24) is 5.32 Å². The molecule has 0 spiro atoms. The predicted octanol–water partition coefficient (Wildman–Crippen LogP) is 2.73. The Labute approximate surface area is 217 Å². The van der Waals surface area contributed by atoms with Crippen molar-refractivity contribution in [2.75, 3.05) is 6.61 Å². The molecule has 0 saturated heterocycles.